The van der Waals surface area contributed by atoms with E-state index in [-0.39, 0.29) is 0 Å². The highest BCUT2D eigenvalue weighted by Gasteiger charge is 2.60. The first-order valence-corrected chi connectivity index (χ1v) is 10.8. The number of carbonyl (C=O) groups excluding carboxylic acids is 2. The van der Waals surface area contributed by atoms with Crippen LogP contribution in [0.2, 0.25) is 0 Å². The molecule has 0 N–H and O–H groups in total. The highest BCUT2D eigenvalue weighted by atomic mass is 19.3. The lowest BCUT2D eigenvalue weighted by Crippen LogP contribution is -2.54. The van der Waals surface area contributed by atoms with Gasteiger partial charge >= 0.3 is 11.9 Å². The van der Waals surface area contributed by atoms with Crippen molar-refractivity contribution in [3.63, 3.8) is 0 Å². The number of carbonyl (C=O) groups is 2. The van der Waals surface area contributed by atoms with E-state index in [2.05, 4.69) is 0 Å². The second-order valence-corrected chi connectivity index (χ2v) is 9.83. The second-order valence-electron chi connectivity index (χ2n) is 9.83. The third-order valence-electron chi connectivity index (χ3n) is 7.82. The lowest BCUT2D eigenvalue weighted by molar-refractivity contribution is -0.196. The monoisotopic (exact) mass is 416 g/mol. The van der Waals surface area contributed by atoms with Crippen molar-refractivity contribution < 1.29 is 37.0 Å². The summed E-state index contributed by atoms with van der Waals surface area (Å²) in [6.45, 7) is -1.46. The van der Waals surface area contributed by atoms with Gasteiger partial charge in [-0.05, 0) is 69.1 Å². The molecular weight excluding hydrogens is 389 g/mol. The van der Waals surface area contributed by atoms with E-state index >= 15 is 0 Å². The van der Waals surface area contributed by atoms with Crippen molar-refractivity contribution in [3.05, 3.63) is 0 Å². The molecule has 29 heavy (non-hydrogen) atoms. The first-order chi connectivity index (χ1) is 13.9. The predicted molar refractivity (Wildman–Crippen MR) is 93.7 cm³/mol. The summed E-state index contributed by atoms with van der Waals surface area (Å²) in [5.74, 6) is -1.51. The standard InChI is InChI=1S/C21H27F3O5/c22-9-15(18(23)24)28-19(25)16-13-1-2-14(27-13)17(16)20(26)29-21-6-10-3-11(7-21)5-12(4-10)8-21/h10-18H,1-9H2. The molecule has 5 unspecified atom stereocenters. The Balaban J connectivity index is 1.31. The normalized spacial score (nSPS) is 45.6. The smallest absolute Gasteiger partial charge is 0.313 e. The van der Waals surface area contributed by atoms with Crippen molar-refractivity contribution in [3.8, 4) is 0 Å². The predicted octanol–water partition coefficient (Wildman–Crippen LogP) is 3.44. The summed E-state index contributed by atoms with van der Waals surface area (Å²) in [6, 6.07) is 0. The van der Waals surface area contributed by atoms with Crippen molar-refractivity contribution >= 4 is 11.9 Å². The van der Waals surface area contributed by atoms with Crippen LogP contribution in [0.25, 0.3) is 0 Å². The Kier molecular flexibility index (Phi) is 4.83. The highest BCUT2D eigenvalue weighted by molar-refractivity contribution is 5.84. The molecule has 6 fully saturated rings. The SMILES string of the molecule is O=C(OC(CF)C(F)F)C1C2CCC(O2)C1C(=O)OC12CC3CC(CC(C3)C1)C2. The van der Waals surface area contributed by atoms with E-state index in [1.165, 1.54) is 19.3 Å². The molecule has 5 atom stereocenters. The average molecular weight is 416 g/mol. The Morgan fingerprint density at radius 3 is 1.93 bits per heavy atom. The van der Waals surface area contributed by atoms with Gasteiger partial charge in [-0.15, -0.1) is 0 Å². The van der Waals surface area contributed by atoms with Crippen molar-refractivity contribution in [1.29, 1.82) is 0 Å². The minimum Gasteiger partial charge on any atom is -0.459 e. The van der Waals surface area contributed by atoms with E-state index in [1.807, 2.05) is 0 Å². The molecule has 0 amide bonds. The molecule has 2 heterocycles. The van der Waals surface area contributed by atoms with Gasteiger partial charge in [-0.3, -0.25) is 9.59 Å². The fraction of sp³-hybridized carbons (Fsp3) is 0.905. The van der Waals surface area contributed by atoms with Gasteiger partial charge in [-0.25, -0.2) is 13.2 Å². The Morgan fingerprint density at radius 1 is 0.931 bits per heavy atom. The molecule has 0 aromatic heterocycles. The quantitative estimate of drug-likeness (QED) is 0.621. The van der Waals surface area contributed by atoms with Crippen LogP contribution in [-0.4, -0.2) is 49.0 Å². The zero-order chi connectivity index (χ0) is 20.3. The zero-order valence-electron chi connectivity index (χ0n) is 16.2. The van der Waals surface area contributed by atoms with Crippen LogP contribution in [0, 0.1) is 29.6 Å². The van der Waals surface area contributed by atoms with Crippen LogP contribution >= 0.6 is 0 Å². The van der Waals surface area contributed by atoms with Crippen LogP contribution in [0.1, 0.15) is 51.4 Å². The van der Waals surface area contributed by atoms with E-state index in [9.17, 15) is 22.8 Å². The fourth-order valence-corrected chi connectivity index (χ4v) is 7.09. The van der Waals surface area contributed by atoms with Crippen LogP contribution in [0.3, 0.4) is 0 Å². The van der Waals surface area contributed by atoms with Gasteiger partial charge in [0.05, 0.1) is 24.0 Å². The largest absolute Gasteiger partial charge is 0.459 e. The topological polar surface area (TPSA) is 61.8 Å². The summed E-state index contributed by atoms with van der Waals surface area (Å²) >= 11 is 0. The maximum Gasteiger partial charge on any atom is 0.313 e. The molecule has 6 rings (SSSR count). The number of halogens is 3. The van der Waals surface area contributed by atoms with Gasteiger partial charge in [0.1, 0.15) is 12.3 Å². The van der Waals surface area contributed by atoms with Gasteiger partial charge in [0.15, 0.2) is 6.10 Å². The van der Waals surface area contributed by atoms with Crippen molar-refractivity contribution in [2.75, 3.05) is 6.67 Å². The van der Waals surface area contributed by atoms with Gasteiger partial charge in [0.25, 0.3) is 6.43 Å². The van der Waals surface area contributed by atoms with Crippen LogP contribution in [0.4, 0.5) is 13.2 Å². The summed E-state index contributed by atoms with van der Waals surface area (Å²) in [7, 11) is 0. The van der Waals surface area contributed by atoms with Gasteiger partial charge in [-0.2, -0.15) is 0 Å². The van der Waals surface area contributed by atoms with Crippen LogP contribution < -0.4 is 0 Å². The van der Waals surface area contributed by atoms with E-state index in [0.717, 1.165) is 19.3 Å². The number of hydrogen-bond acceptors (Lipinski definition) is 5. The lowest BCUT2D eigenvalue weighted by Gasteiger charge is -2.56. The van der Waals surface area contributed by atoms with E-state index in [1.54, 1.807) is 0 Å². The van der Waals surface area contributed by atoms with Gasteiger partial charge in [0, 0.05) is 0 Å². The van der Waals surface area contributed by atoms with Gasteiger partial charge < -0.3 is 14.2 Å². The molecular formula is C21H27F3O5. The maximum absolute atomic E-state index is 13.2. The summed E-state index contributed by atoms with van der Waals surface area (Å²) < 4.78 is 55.1. The molecule has 2 saturated heterocycles. The molecule has 6 aliphatic rings. The molecule has 6 bridgehead atoms. The highest BCUT2D eigenvalue weighted by Crippen LogP contribution is 2.57. The molecule has 0 aromatic carbocycles. The van der Waals surface area contributed by atoms with Crippen LogP contribution in [0.5, 0.6) is 0 Å². The third-order valence-corrected chi connectivity index (χ3v) is 7.82. The summed E-state index contributed by atoms with van der Waals surface area (Å²) in [5, 5.41) is 0. The van der Waals surface area contributed by atoms with Crippen molar-refractivity contribution in [2.45, 2.75) is 81.7 Å². The Hall–Kier alpha value is -1.31. The Labute approximate surface area is 167 Å². The lowest BCUT2D eigenvalue weighted by atomic mass is 9.54. The maximum atomic E-state index is 13.2. The third kappa shape index (κ3) is 3.35. The molecule has 5 nitrogen and oxygen atoms in total. The number of hydrogen-bond donors (Lipinski definition) is 0. The molecule has 0 spiro atoms. The zero-order valence-corrected chi connectivity index (χ0v) is 16.2. The number of fused-ring (bicyclic) bond motifs is 2. The average Bonchev–Trinajstić information content (AvgIpc) is 3.25. The molecule has 4 saturated carbocycles. The first kappa shape index (κ1) is 19.6. The fourth-order valence-electron chi connectivity index (χ4n) is 7.09. The molecule has 8 heteroatoms. The minimum absolute atomic E-state index is 0.452. The van der Waals surface area contributed by atoms with Crippen LogP contribution in [0.15, 0.2) is 0 Å². The summed E-state index contributed by atoms with van der Waals surface area (Å²) in [6.07, 6.45) is 1.18. The van der Waals surface area contributed by atoms with Gasteiger partial charge in [0.2, 0.25) is 0 Å². The number of esters is 2. The second kappa shape index (κ2) is 7.13. The molecule has 162 valence electrons. The molecule has 4 aliphatic carbocycles. The summed E-state index contributed by atoms with van der Waals surface area (Å²) in [4.78, 5) is 25.8. The molecule has 0 radical (unpaired) electrons. The Morgan fingerprint density at radius 2 is 1.45 bits per heavy atom. The van der Waals surface area contributed by atoms with Crippen molar-refractivity contribution in [1.82, 2.24) is 0 Å². The number of alkyl halides is 3. The Bertz CT molecular complexity index is 648. The van der Waals surface area contributed by atoms with E-state index in [4.69, 9.17) is 14.2 Å². The minimum atomic E-state index is -3.11. The van der Waals surface area contributed by atoms with Crippen LogP contribution in [-0.2, 0) is 23.8 Å². The number of ether oxygens (including phenoxy) is 3. The number of rotatable bonds is 6. The molecule has 2 aliphatic heterocycles. The van der Waals surface area contributed by atoms with E-state index < -0.39 is 60.8 Å². The first-order valence-electron chi connectivity index (χ1n) is 10.8. The van der Waals surface area contributed by atoms with E-state index in [0.29, 0.717) is 30.6 Å². The van der Waals surface area contributed by atoms with Gasteiger partial charge in [-0.1, -0.05) is 0 Å². The summed E-state index contributed by atoms with van der Waals surface area (Å²) in [5.41, 5.74) is -0.452. The van der Waals surface area contributed by atoms with Crippen molar-refractivity contribution in [2.24, 2.45) is 29.6 Å². The molecule has 0 aromatic rings.